The zero-order valence-corrected chi connectivity index (χ0v) is 9.60. The Morgan fingerprint density at radius 3 is 2.57 bits per heavy atom. The molecular formula is C13H23N. The van der Waals surface area contributed by atoms with Crippen LogP contribution in [0.5, 0.6) is 0 Å². The highest BCUT2D eigenvalue weighted by atomic mass is 14.9. The first kappa shape index (κ1) is 11.6. The van der Waals surface area contributed by atoms with Crippen LogP contribution in [-0.4, -0.2) is 12.6 Å². The second kappa shape index (κ2) is 5.41. The zero-order chi connectivity index (χ0) is 10.4. The van der Waals surface area contributed by atoms with Gasteiger partial charge >= 0.3 is 0 Å². The number of hydrogen-bond acceptors (Lipinski definition) is 1. The summed E-state index contributed by atoms with van der Waals surface area (Å²) in [6.45, 7) is 5.66. The molecule has 1 nitrogen and oxygen atoms in total. The number of rotatable bonds is 5. The van der Waals surface area contributed by atoms with Crippen LogP contribution in [0.1, 0.15) is 52.4 Å². The van der Waals surface area contributed by atoms with Crippen LogP contribution in [0, 0.1) is 17.8 Å². The molecule has 1 saturated carbocycles. The third-order valence-corrected chi connectivity index (χ3v) is 3.61. The van der Waals surface area contributed by atoms with Crippen molar-refractivity contribution in [2.75, 3.05) is 6.54 Å². The van der Waals surface area contributed by atoms with E-state index in [9.17, 15) is 0 Å². The van der Waals surface area contributed by atoms with Crippen molar-refractivity contribution < 1.29 is 0 Å². The summed E-state index contributed by atoms with van der Waals surface area (Å²) in [5.74, 6) is 2.76. The van der Waals surface area contributed by atoms with Gasteiger partial charge in [0.1, 0.15) is 0 Å². The Hall–Kier alpha value is -0.480. The largest absolute Gasteiger partial charge is 0.314 e. The Kier molecular flexibility index (Phi) is 4.48. The van der Waals surface area contributed by atoms with Crippen molar-refractivity contribution >= 4 is 0 Å². The predicted octanol–water partition coefficient (Wildman–Crippen LogP) is 2.96. The minimum absolute atomic E-state index is 0.507. The maximum Gasteiger partial charge on any atom is 0.0130 e. The second-order valence-corrected chi connectivity index (χ2v) is 4.71. The Labute approximate surface area is 88.7 Å². The fraction of sp³-hybridized carbons (Fsp3) is 0.846. The fourth-order valence-corrected chi connectivity index (χ4v) is 2.70. The van der Waals surface area contributed by atoms with Crippen LogP contribution in [0.15, 0.2) is 0 Å². The smallest absolute Gasteiger partial charge is 0.0130 e. The lowest BCUT2D eigenvalue weighted by molar-refractivity contribution is 0.214. The van der Waals surface area contributed by atoms with Gasteiger partial charge in [-0.1, -0.05) is 26.7 Å². The van der Waals surface area contributed by atoms with Crippen LogP contribution in [0.25, 0.3) is 0 Å². The molecule has 0 aliphatic heterocycles. The van der Waals surface area contributed by atoms with Crippen LogP contribution in [0.4, 0.5) is 0 Å². The van der Waals surface area contributed by atoms with E-state index in [0.717, 1.165) is 19.4 Å². The molecule has 1 rings (SSSR count). The molecule has 0 amide bonds. The molecule has 1 heteroatoms. The van der Waals surface area contributed by atoms with Gasteiger partial charge in [0.15, 0.2) is 0 Å². The summed E-state index contributed by atoms with van der Waals surface area (Å²) in [5.41, 5.74) is 0.507. The van der Waals surface area contributed by atoms with Gasteiger partial charge in [-0.25, -0.2) is 0 Å². The van der Waals surface area contributed by atoms with E-state index < -0.39 is 0 Å². The Bertz CT molecular complexity index is 196. The lowest BCUT2D eigenvalue weighted by Crippen LogP contribution is -2.42. The third-order valence-electron chi connectivity index (χ3n) is 3.61. The van der Waals surface area contributed by atoms with E-state index in [1.807, 2.05) is 0 Å². The summed E-state index contributed by atoms with van der Waals surface area (Å²) in [7, 11) is 0. The van der Waals surface area contributed by atoms with Gasteiger partial charge in [-0.2, -0.15) is 0 Å². The van der Waals surface area contributed by atoms with E-state index in [-0.39, 0.29) is 0 Å². The maximum absolute atomic E-state index is 5.34. The van der Waals surface area contributed by atoms with Crippen LogP contribution >= 0.6 is 0 Å². The summed E-state index contributed by atoms with van der Waals surface area (Å²) in [5, 5.41) is 3.60. The summed E-state index contributed by atoms with van der Waals surface area (Å²) in [6.07, 6.45) is 12.9. The Morgan fingerprint density at radius 1 is 1.43 bits per heavy atom. The maximum atomic E-state index is 5.34. The molecule has 1 atom stereocenters. The fourth-order valence-electron chi connectivity index (χ4n) is 2.70. The van der Waals surface area contributed by atoms with Crippen LogP contribution in [0.2, 0.25) is 0 Å². The van der Waals surface area contributed by atoms with Gasteiger partial charge in [0.25, 0.3) is 0 Å². The van der Waals surface area contributed by atoms with Gasteiger partial charge < -0.3 is 5.32 Å². The number of hydrogen-bond donors (Lipinski definition) is 1. The monoisotopic (exact) mass is 193 g/mol. The van der Waals surface area contributed by atoms with Gasteiger partial charge in [0.2, 0.25) is 0 Å². The molecule has 0 aromatic rings. The molecule has 0 spiro atoms. The lowest BCUT2D eigenvalue weighted by Gasteiger charge is -2.34. The van der Waals surface area contributed by atoms with Crippen LogP contribution < -0.4 is 5.32 Å². The highest BCUT2D eigenvalue weighted by Gasteiger charge is 2.35. The average Bonchev–Trinajstić information content (AvgIpc) is 2.60. The summed E-state index contributed by atoms with van der Waals surface area (Å²) in [4.78, 5) is 0. The Balaban J connectivity index is 2.51. The molecule has 1 aliphatic carbocycles. The standard InChI is InChI=1S/C13H23N/c1-4-6-9-12(14-5-2)13(3)10-7-8-11-13/h1,12,14H,5-11H2,2-3H3. The third kappa shape index (κ3) is 2.75. The molecule has 0 heterocycles. The summed E-state index contributed by atoms with van der Waals surface area (Å²) in [6, 6.07) is 0.631. The molecule has 1 unspecified atom stereocenters. The van der Waals surface area contributed by atoms with Crippen molar-refractivity contribution in [2.24, 2.45) is 5.41 Å². The van der Waals surface area contributed by atoms with E-state index in [1.165, 1.54) is 25.7 Å². The molecule has 0 aromatic carbocycles. The van der Waals surface area contributed by atoms with E-state index in [1.54, 1.807) is 0 Å². The van der Waals surface area contributed by atoms with E-state index >= 15 is 0 Å². The molecule has 80 valence electrons. The number of nitrogens with one attached hydrogen (secondary N) is 1. The van der Waals surface area contributed by atoms with E-state index in [0.29, 0.717) is 11.5 Å². The van der Waals surface area contributed by atoms with Crippen molar-refractivity contribution in [3.63, 3.8) is 0 Å². The minimum atomic E-state index is 0.507. The van der Waals surface area contributed by atoms with Crippen molar-refractivity contribution in [1.82, 2.24) is 5.32 Å². The first-order chi connectivity index (χ1) is 6.73. The van der Waals surface area contributed by atoms with Gasteiger partial charge in [0, 0.05) is 12.5 Å². The molecule has 14 heavy (non-hydrogen) atoms. The summed E-state index contributed by atoms with van der Waals surface area (Å²) < 4.78 is 0. The van der Waals surface area contributed by atoms with Gasteiger partial charge in [-0.15, -0.1) is 12.3 Å². The molecular weight excluding hydrogens is 170 g/mol. The Morgan fingerprint density at radius 2 is 2.07 bits per heavy atom. The van der Waals surface area contributed by atoms with Gasteiger partial charge in [-0.3, -0.25) is 0 Å². The molecule has 0 saturated heterocycles. The molecule has 1 N–H and O–H groups in total. The number of terminal acetylenes is 1. The van der Waals surface area contributed by atoms with Crippen LogP contribution in [0.3, 0.4) is 0 Å². The van der Waals surface area contributed by atoms with Gasteiger partial charge in [0.05, 0.1) is 0 Å². The predicted molar refractivity (Wildman–Crippen MR) is 62.1 cm³/mol. The first-order valence-electron chi connectivity index (χ1n) is 5.90. The van der Waals surface area contributed by atoms with Crippen molar-refractivity contribution in [3.05, 3.63) is 0 Å². The van der Waals surface area contributed by atoms with Gasteiger partial charge in [-0.05, 0) is 31.2 Å². The topological polar surface area (TPSA) is 12.0 Å². The molecule has 1 aliphatic rings. The normalized spacial score (nSPS) is 21.8. The zero-order valence-electron chi connectivity index (χ0n) is 9.60. The highest BCUT2D eigenvalue weighted by Crippen LogP contribution is 2.41. The van der Waals surface area contributed by atoms with Crippen molar-refractivity contribution in [3.8, 4) is 12.3 Å². The molecule has 1 fully saturated rings. The summed E-state index contributed by atoms with van der Waals surface area (Å²) >= 11 is 0. The van der Waals surface area contributed by atoms with Crippen molar-refractivity contribution in [1.29, 1.82) is 0 Å². The first-order valence-corrected chi connectivity index (χ1v) is 5.90. The minimum Gasteiger partial charge on any atom is -0.314 e. The SMILES string of the molecule is C#CCCC(NCC)C1(C)CCCC1. The van der Waals surface area contributed by atoms with Crippen LogP contribution in [-0.2, 0) is 0 Å². The highest BCUT2D eigenvalue weighted by molar-refractivity contribution is 4.94. The second-order valence-electron chi connectivity index (χ2n) is 4.71. The average molecular weight is 193 g/mol. The molecule has 0 bridgehead atoms. The molecule has 0 radical (unpaired) electrons. The van der Waals surface area contributed by atoms with E-state index in [2.05, 4.69) is 25.1 Å². The van der Waals surface area contributed by atoms with Crippen molar-refractivity contribution in [2.45, 2.75) is 58.4 Å². The quantitative estimate of drug-likeness (QED) is 0.662. The molecule has 0 aromatic heterocycles. The van der Waals surface area contributed by atoms with E-state index in [4.69, 9.17) is 6.42 Å². The lowest BCUT2D eigenvalue weighted by atomic mass is 9.78.